The topological polar surface area (TPSA) is 95.7 Å². The monoisotopic (exact) mass is 331 g/mol. The van der Waals surface area contributed by atoms with Crippen LogP contribution in [0.3, 0.4) is 0 Å². The molecule has 0 aliphatic carbocycles. The molecule has 0 radical (unpaired) electrons. The van der Waals surface area contributed by atoms with Gasteiger partial charge in [-0.25, -0.2) is 4.79 Å². The molecule has 7 heteroatoms. The number of carbonyl (C=O) groups excluding carboxylic acids is 2. The van der Waals surface area contributed by atoms with E-state index >= 15 is 0 Å². The van der Waals surface area contributed by atoms with Crippen LogP contribution in [0.2, 0.25) is 0 Å². The Bertz CT molecular complexity index is 358. The number of methoxy groups -OCH3 is 2. The Morgan fingerprint density at radius 3 is 1.78 bits per heavy atom. The number of hydrogen-bond acceptors (Lipinski definition) is 6. The normalized spacial score (nSPS) is 11.7. The maximum Gasteiger partial charge on any atom is 0.381 e. The molecule has 0 rings (SSSR count). The number of nitro groups is 1. The van der Waals surface area contributed by atoms with Crippen molar-refractivity contribution in [2.45, 2.75) is 76.7 Å². The zero-order chi connectivity index (χ0) is 17.5. The fourth-order valence-electron chi connectivity index (χ4n) is 2.39. The molecule has 0 aliphatic rings. The Hall–Kier alpha value is -1.66. The van der Waals surface area contributed by atoms with Crippen molar-refractivity contribution in [2.75, 3.05) is 14.2 Å². The smallest absolute Gasteiger partial charge is 0.381 e. The summed E-state index contributed by atoms with van der Waals surface area (Å²) in [6.07, 6.45) is 9.72. The summed E-state index contributed by atoms with van der Waals surface area (Å²) < 4.78 is 9.00. The highest BCUT2D eigenvalue weighted by Crippen LogP contribution is 2.13. The molecule has 0 heterocycles. The van der Waals surface area contributed by atoms with Crippen LogP contribution >= 0.6 is 0 Å². The van der Waals surface area contributed by atoms with E-state index in [1.54, 1.807) is 0 Å². The standard InChI is InChI=1S/C16H29NO6/c1-22-15(18)13-11-9-7-5-3-4-6-8-10-12-14(17(20)21)16(19)23-2/h14H,3-13H2,1-2H3. The van der Waals surface area contributed by atoms with Gasteiger partial charge in [-0.3, -0.25) is 14.9 Å². The number of carbonyl (C=O) groups is 2. The van der Waals surface area contributed by atoms with Crippen LogP contribution in [0.5, 0.6) is 0 Å². The summed E-state index contributed by atoms with van der Waals surface area (Å²) in [6.45, 7) is 0. The molecule has 0 bridgehead atoms. The third-order valence-corrected chi connectivity index (χ3v) is 3.81. The summed E-state index contributed by atoms with van der Waals surface area (Å²) in [6, 6.07) is -1.23. The highest BCUT2D eigenvalue weighted by molar-refractivity contribution is 5.74. The van der Waals surface area contributed by atoms with Gasteiger partial charge >= 0.3 is 18.0 Å². The molecule has 1 atom stereocenters. The van der Waals surface area contributed by atoms with Gasteiger partial charge in [0.2, 0.25) is 0 Å². The van der Waals surface area contributed by atoms with E-state index < -0.39 is 16.9 Å². The number of unbranched alkanes of at least 4 members (excludes halogenated alkanes) is 8. The summed E-state index contributed by atoms with van der Waals surface area (Å²) in [7, 11) is 2.57. The van der Waals surface area contributed by atoms with E-state index in [1.807, 2.05) is 0 Å². The zero-order valence-corrected chi connectivity index (χ0v) is 14.3. The van der Waals surface area contributed by atoms with Crippen molar-refractivity contribution in [3.8, 4) is 0 Å². The maximum atomic E-state index is 11.2. The molecule has 0 N–H and O–H groups in total. The van der Waals surface area contributed by atoms with Crippen molar-refractivity contribution in [3.63, 3.8) is 0 Å². The summed E-state index contributed by atoms with van der Waals surface area (Å²) in [5.74, 6) is -0.910. The summed E-state index contributed by atoms with van der Waals surface area (Å²) in [5, 5.41) is 10.7. The highest BCUT2D eigenvalue weighted by atomic mass is 16.6. The minimum absolute atomic E-state index is 0.148. The first-order valence-electron chi connectivity index (χ1n) is 8.31. The maximum absolute atomic E-state index is 11.2. The predicted molar refractivity (Wildman–Crippen MR) is 85.6 cm³/mol. The second-order valence-electron chi connectivity index (χ2n) is 5.62. The van der Waals surface area contributed by atoms with Crippen molar-refractivity contribution in [1.29, 1.82) is 0 Å². The lowest BCUT2D eigenvalue weighted by molar-refractivity contribution is -0.511. The Kier molecular flexibility index (Phi) is 13.0. The van der Waals surface area contributed by atoms with Gasteiger partial charge in [0.1, 0.15) is 0 Å². The van der Waals surface area contributed by atoms with Crippen LogP contribution in [0, 0.1) is 10.1 Å². The lowest BCUT2D eigenvalue weighted by Gasteiger charge is -2.07. The minimum atomic E-state index is -1.23. The van der Waals surface area contributed by atoms with Crippen LogP contribution in [0.1, 0.15) is 70.6 Å². The quantitative estimate of drug-likeness (QED) is 0.210. The third kappa shape index (κ3) is 11.5. The van der Waals surface area contributed by atoms with Crippen LogP contribution in [-0.2, 0) is 19.1 Å². The van der Waals surface area contributed by atoms with E-state index in [0.717, 1.165) is 51.4 Å². The van der Waals surface area contributed by atoms with Gasteiger partial charge in [-0.1, -0.05) is 44.9 Å². The van der Waals surface area contributed by atoms with E-state index in [0.29, 0.717) is 12.8 Å². The largest absolute Gasteiger partial charge is 0.469 e. The van der Waals surface area contributed by atoms with E-state index in [-0.39, 0.29) is 12.4 Å². The number of nitrogens with zero attached hydrogens (tertiary/aromatic N) is 1. The molecule has 7 nitrogen and oxygen atoms in total. The van der Waals surface area contributed by atoms with Gasteiger partial charge in [0.05, 0.1) is 14.2 Å². The molecule has 0 saturated carbocycles. The lowest BCUT2D eigenvalue weighted by Crippen LogP contribution is -2.30. The van der Waals surface area contributed by atoms with E-state index in [1.165, 1.54) is 14.2 Å². The molecular formula is C16H29NO6. The average Bonchev–Trinajstić information content (AvgIpc) is 2.54. The fourth-order valence-corrected chi connectivity index (χ4v) is 2.39. The van der Waals surface area contributed by atoms with E-state index in [4.69, 9.17) is 0 Å². The number of esters is 2. The van der Waals surface area contributed by atoms with Crippen molar-refractivity contribution in [2.24, 2.45) is 0 Å². The van der Waals surface area contributed by atoms with Gasteiger partial charge in [0, 0.05) is 17.8 Å². The second-order valence-corrected chi connectivity index (χ2v) is 5.62. The molecule has 0 aliphatic heterocycles. The molecule has 134 valence electrons. The highest BCUT2D eigenvalue weighted by Gasteiger charge is 2.29. The molecule has 1 unspecified atom stereocenters. The summed E-state index contributed by atoms with van der Waals surface area (Å²) >= 11 is 0. The first-order valence-corrected chi connectivity index (χ1v) is 8.31. The van der Waals surface area contributed by atoms with Gasteiger partial charge in [0.25, 0.3) is 0 Å². The molecule has 23 heavy (non-hydrogen) atoms. The zero-order valence-electron chi connectivity index (χ0n) is 14.3. The minimum Gasteiger partial charge on any atom is -0.469 e. The van der Waals surface area contributed by atoms with Crippen LogP contribution in [0.4, 0.5) is 0 Å². The molecule has 0 aromatic rings. The third-order valence-electron chi connectivity index (χ3n) is 3.81. The van der Waals surface area contributed by atoms with Gasteiger partial charge in [-0.15, -0.1) is 0 Å². The lowest BCUT2D eigenvalue weighted by atomic mass is 10.0. The van der Waals surface area contributed by atoms with Crippen molar-refractivity contribution >= 4 is 11.9 Å². The molecule has 0 aromatic heterocycles. The van der Waals surface area contributed by atoms with Crippen molar-refractivity contribution in [3.05, 3.63) is 10.1 Å². The van der Waals surface area contributed by atoms with E-state index in [2.05, 4.69) is 9.47 Å². The van der Waals surface area contributed by atoms with Crippen LogP contribution in [-0.4, -0.2) is 37.1 Å². The first kappa shape index (κ1) is 21.3. The van der Waals surface area contributed by atoms with Gasteiger partial charge < -0.3 is 9.47 Å². The number of hydrogen-bond donors (Lipinski definition) is 0. The van der Waals surface area contributed by atoms with Crippen LogP contribution < -0.4 is 0 Å². The Labute approximate surface area is 137 Å². The van der Waals surface area contributed by atoms with Crippen molar-refractivity contribution < 1.29 is 24.0 Å². The molecule has 0 aromatic carbocycles. The number of ether oxygens (including phenoxy) is 2. The Balaban J connectivity index is 3.44. The van der Waals surface area contributed by atoms with Crippen molar-refractivity contribution in [1.82, 2.24) is 0 Å². The molecule has 0 saturated heterocycles. The Morgan fingerprint density at radius 1 is 0.870 bits per heavy atom. The van der Waals surface area contributed by atoms with E-state index in [9.17, 15) is 19.7 Å². The second kappa shape index (κ2) is 14.0. The van der Waals surface area contributed by atoms with Gasteiger partial charge in [-0.2, -0.15) is 0 Å². The summed E-state index contributed by atoms with van der Waals surface area (Å²) in [5.41, 5.74) is 0. The molecule has 0 fully saturated rings. The SMILES string of the molecule is COC(=O)CCCCCCCCCCCC(C(=O)OC)[N+](=O)[O-]. The van der Waals surface area contributed by atoms with Gasteiger partial charge in [-0.05, 0) is 12.8 Å². The number of rotatable bonds is 14. The fraction of sp³-hybridized carbons (Fsp3) is 0.875. The molecule has 0 spiro atoms. The molecular weight excluding hydrogens is 302 g/mol. The predicted octanol–water partition coefficient (Wildman–Crippen LogP) is 3.27. The molecule has 0 amide bonds. The van der Waals surface area contributed by atoms with Crippen LogP contribution in [0.25, 0.3) is 0 Å². The Morgan fingerprint density at radius 2 is 1.35 bits per heavy atom. The van der Waals surface area contributed by atoms with Gasteiger partial charge in [0.15, 0.2) is 0 Å². The average molecular weight is 331 g/mol. The summed E-state index contributed by atoms with van der Waals surface area (Å²) in [4.78, 5) is 32.3. The first-order chi connectivity index (χ1) is 11.0. The van der Waals surface area contributed by atoms with Crippen LogP contribution in [0.15, 0.2) is 0 Å².